The molecule has 0 saturated carbocycles. The van der Waals surface area contributed by atoms with Crippen molar-refractivity contribution in [1.29, 1.82) is 0 Å². The van der Waals surface area contributed by atoms with Gasteiger partial charge in [0.15, 0.2) is 5.75 Å². The SMILES string of the molecule is COc1c(Cl)cc(/C(O)=C2\C(=O)C(=O)N(CC3CCCO3)C2c2ccccc2F)cc1Cl. The van der Waals surface area contributed by atoms with Gasteiger partial charge in [-0.3, -0.25) is 9.59 Å². The second-order valence-electron chi connectivity index (χ2n) is 7.58. The lowest BCUT2D eigenvalue weighted by Crippen LogP contribution is -2.36. The fourth-order valence-corrected chi connectivity index (χ4v) is 4.78. The molecule has 0 aliphatic carbocycles. The fourth-order valence-electron chi connectivity index (χ4n) is 4.14. The molecule has 2 fully saturated rings. The van der Waals surface area contributed by atoms with Gasteiger partial charge in [0.1, 0.15) is 11.6 Å². The standard InChI is InChI=1S/C23H20Cl2FNO5/c1-31-22-15(24)9-12(10-16(22)25)20(28)18-19(14-6-2-3-7-17(14)26)27(23(30)21(18)29)11-13-5-4-8-32-13/h2-3,6-7,9-10,13,19,28H,4-5,8,11H2,1H3/b20-18+. The Morgan fingerprint density at radius 3 is 2.53 bits per heavy atom. The third kappa shape index (κ3) is 3.96. The zero-order valence-corrected chi connectivity index (χ0v) is 18.6. The van der Waals surface area contributed by atoms with Gasteiger partial charge in [0.25, 0.3) is 11.7 Å². The van der Waals surface area contributed by atoms with E-state index in [1.165, 1.54) is 42.3 Å². The summed E-state index contributed by atoms with van der Waals surface area (Å²) >= 11 is 12.4. The van der Waals surface area contributed by atoms with E-state index in [4.69, 9.17) is 32.7 Å². The molecule has 2 heterocycles. The van der Waals surface area contributed by atoms with Crippen LogP contribution in [0.2, 0.25) is 10.0 Å². The highest BCUT2D eigenvalue weighted by atomic mass is 35.5. The largest absolute Gasteiger partial charge is 0.507 e. The van der Waals surface area contributed by atoms with Crippen LogP contribution in [-0.4, -0.2) is 48.1 Å². The minimum Gasteiger partial charge on any atom is -0.507 e. The first-order valence-electron chi connectivity index (χ1n) is 10.0. The number of amides is 1. The first-order chi connectivity index (χ1) is 15.3. The summed E-state index contributed by atoms with van der Waals surface area (Å²) in [6.07, 6.45) is 1.28. The average molecular weight is 480 g/mol. The second kappa shape index (κ2) is 9.10. The Labute approximate surface area is 194 Å². The van der Waals surface area contributed by atoms with Gasteiger partial charge in [-0.1, -0.05) is 41.4 Å². The van der Waals surface area contributed by atoms with E-state index in [9.17, 15) is 19.1 Å². The molecule has 0 bridgehead atoms. The van der Waals surface area contributed by atoms with Crippen molar-refractivity contribution in [1.82, 2.24) is 4.90 Å². The molecule has 2 aromatic rings. The molecule has 2 unspecified atom stereocenters. The lowest BCUT2D eigenvalue weighted by molar-refractivity contribution is -0.140. The summed E-state index contributed by atoms with van der Waals surface area (Å²) in [5.74, 6) is -2.65. The number of nitrogens with zero attached hydrogens (tertiary/aromatic N) is 1. The highest BCUT2D eigenvalue weighted by Gasteiger charge is 2.47. The van der Waals surface area contributed by atoms with Crippen LogP contribution in [0.4, 0.5) is 4.39 Å². The van der Waals surface area contributed by atoms with Gasteiger partial charge < -0.3 is 19.5 Å². The number of ether oxygens (including phenoxy) is 2. The summed E-state index contributed by atoms with van der Waals surface area (Å²) in [7, 11) is 1.39. The number of carbonyl (C=O) groups excluding carboxylic acids is 2. The number of hydrogen-bond acceptors (Lipinski definition) is 5. The van der Waals surface area contributed by atoms with Crippen LogP contribution in [-0.2, 0) is 14.3 Å². The van der Waals surface area contributed by atoms with Crippen molar-refractivity contribution in [2.75, 3.05) is 20.3 Å². The van der Waals surface area contributed by atoms with Crippen molar-refractivity contribution in [3.05, 3.63) is 69.0 Å². The molecule has 4 rings (SSSR count). The lowest BCUT2D eigenvalue weighted by Gasteiger charge is -2.27. The van der Waals surface area contributed by atoms with Crippen LogP contribution in [0.25, 0.3) is 5.76 Å². The van der Waals surface area contributed by atoms with Crippen LogP contribution >= 0.6 is 23.2 Å². The van der Waals surface area contributed by atoms with Crippen LogP contribution < -0.4 is 4.74 Å². The molecular formula is C23H20Cl2FNO5. The fraction of sp³-hybridized carbons (Fsp3) is 0.304. The van der Waals surface area contributed by atoms with E-state index < -0.39 is 29.3 Å². The van der Waals surface area contributed by atoms with Gasteiger partial charge in [-0.25, -0.2) is 4.39 Å². The quantitative estimate of drug-likeness (QED) is 0.380. The van der Waals surface area contributed by atoms with Crippen molar-refractivity contribution in [2.45, 2.75) is 25.0 Å². The molecule has 1 N–H and O–H groups in total. The number of methoxy groups -OCH3 is 1. The Balaban J connectivity index is 1.87. The van der Waals surface area contributed by atoms with Gasteiger partial charge in [0, 0.05) is 24.3 Å². The van der Waals surface area contributed by atoms with E-state index in [1.807, 2.05) is 0 Å². The molecule has 32 heavy (non-hydrogen) atoms. The first-order valence-corrected chi connectivity index (χ1v) is 10.8. The molecule has 168 valence electrons. The molecule has 9 heteroatoms. The second-order valence-corrected chi connectivity index (χ2v) is 8.40. The molecule has 0 radical (unpaired) electrons. The number of likely N-dealkylation sites (tertiary alicyclic amines) is 1. The van der Waals surface area contributed by atoms with E-state index in [1.54, 1.807) is 6.07 Å². The van der Waals surface area contributed by atoms with Gasteiger partial charge in [-0.2, -0.15) is 0 Å². The van der Waals surface area contributed by atoms with E-state index in [-0.39, 0.29) is 45.1 Å². The minimum atomic E-state index is -1.12. The van der Waals surface area contributed by atoms with Gasteiger partial charge in [0.2, 0.25) is 0 Å². The zero-order valence-electron chi connectivity index (χ0n) is 17.1. The maximum Gasteiger partial charge on any atom is 0.295 e. The predicted octanol–water partition coefficient (Wildman–Crippen LogP) is 4.74. The van der Waals surface area contributed by atoms with Gasteiger partial charge in [-0.05, 0) is 31.0 Å². The van der Waals surface area contributed by atoms with Crippen molar-refractivity contribution in [3.63, 3.8) is 0 Å². The number of halogens is 3. The third-order valence-corrected chi connectivity index (χ3v) is 6.20. The molecular weight excluding hydrogens is 460 g/mol. The van der Waals surface area contributed by atoms with E-state index in [0.717, 1.165) is 12.8 Å². The highest BCUT2D eigenvalue weighted by molar-refractivity contribution is 6.46. The average Bonchev–Trinajstić information content (AvgIpc) is 3.36. The van der Waals surface area contributed by atoms with Gasteiger partial charge >= 0.3 is 0 Å². The molecule has 2 aliphatic heterocycles. The number of benzene rings is 2. The number of ketones is 1. The molecule has 1 amide bonds. The smallest absolute Gasteiger partial charge is 0.295 e. The number of Topliss-reactive ketones (excluding diaryl/α,β-unsaturated/α-hetero) is 1. The third-order valence-electron chi connectivity index (χ3n) is 5.64. The number of hydrogen-bond donors (Lipinski definition) is 1. The lowest BCUT2D eigenvalue weighted by atomic mass is 9.94. The van der Waals surface area contributed by atoms with E-state index in [2.05, 4.69) is 0 Å². The zero-order chi connectivity index (χ0) is 23.0. The topological polar surface area (TPSA) is 76.1 Å². The van der Waals surface area contributed by atoms with E-state index >= 15 is 0 Å². The normalized spacial score (nSPS) is 22.6. The van der Waals surface area contributed by atoms with Gasteiger partial charge in [-0.15, -0.1) is 0 Å². The summed E-state index contributed by atoms with van der Waals surface area (Å²) in [4.78, 5) is 27.2. The maximum absolute atomic E-state index is 14.8. The molecule has 2 aliphatic rings. The molecule has 0 aromatic heterocycles. The van der Waals surface area contributed by atoms with Crippen molar-refractivity contribution in [2.24, 2.45) is 0 Å². The molecule has 6 nitrogen and oxygen atoms in total. The number of aliphatic hydroxyl groups is 1. The van der Waals surface area contributed by atoms with Crippen molar-refractivity contribution in [3.8, 4) is 5.75 Å². The predicted molar refractivity (Wildman–Crippen MR) is 117 cm³/mol. The number of rotatable bonds is 5. The summed E-state index contributed by atoms with van der Waals surface area (Å²) in [6, 6.07) is 7.44. The van der Waals surface area contributed by atoms with E-state index in [0.29, 0.717) is 6.61 Å². The van der Waals surface area contributed by atoms with Crippen LogP contribution in [0.1, 0.15) is 30.0 Å². The Hall–Kier alpha value is -2.61. The van der Waals surface area contributed by atoms with Crippen LogP contribution in [0.3, 0.4) is 0 Å². The first kappa shape index (κ1) is 22.6. The summed E-state index contributed by atoms with van der Waals surface area (Å²) in [5, 5.41) is 11.3. The molecule has 2 aromatic carbocycles. The Kier molecular flexibility index (Phi) is 6.42. The Morgan fingerprint density at radius 1 is 1.25 bits per heavy atom. The monoisotopic (exact) mass is 479 g/mol. The van der Waals surface area contributed by atoms with Crippen molar-refractivity contribution >= 4 is 40.7 Å². The van der Waals surface area contributed by atoms with Crippen LogP contribution in [0.15, 0.2) is 42.0 Å². The summed E-state index contributed by atoms with van der Waals surface area (Å²) in [5.41, 5.74) is -0.0374. The maximum atomic E-state index is 14.8. The van der Waals surface area contributed by atoms with Crippen LogP contribution in [0.5, 0.6) is 5.75 Å². The molecule has 2 saturated heterocycles. The Morgan fingerprint density at radius 2 is 1.94 bits per heavy atom. The molecule has 2 atom stereocenters. The highest BCUT2D eigenvalue weighted by Crippen LogP contribution is 2.42. The van der Waals surface area contributed by atoms with Crippen LogP contribution in [0, 0.1) is 5.82 Å². The number of aliphatic hydroxyl groups excluding tert-OH is 1. The molecule has 0 spiro atoms. The summed E-state index contributed by atoms with van der Waals surface area (Å²) < 4.78 is 25.5. The number of carbonyl (C=O) groups is 2. The van der Waals surface area contributed by atoms with Gasteiger partial charge in [0.05, 0.1) is 34.9 Å². The minimum absolute atomic E-state index is 0.0944. The Bertz CT molecular complexity index is 1090. The van der Waals surface area contributed by atoms with Crippen molar-refractivity contribution < 1.29 is 28.6 Å². The summed E-state index contributed by atoms with van der Waals surface area (Å²) in [6.45, 7) is 0.659.